The van der Waals surface area contributed by atoms with E-state index in [2.05, 4.69) is 41.1 Å². The summed E-state index contributed by atoms with van der Waals surface area (Å²) in [5, 5.41) is 25.0. The van der Waals surface area contributed by atoms with Crippen molar-refractivity contribution in [1.29, 1.82) is 0 Å². The second-order valence-electron chi connectivity index (χ2n) is 5.86. The molecule has 3 heterocycles. The molecule has 0 spiro atoms. The molecular weight excluding hydrogens is 311 g/mol. The van der Waals surface area contributed by atoms with Crippen molar-refractivity contribution in [3.63, 3.8) is 0 Å². The van der Waals surface area contributed by atoms with E-state index >= 15 is 0 Å². The third-order valence-electron chi connectivity index (χ3n) is 4.42. The summed E-state index contributed by atoms with van der Waals surface area (Å²) in [4.78, 5) is 4.25. The molecule has 4 rings (SSSR count). The van der Waals surface area contributed by atoms with Gasteiger partial charge in [0.2, 0.25) is 5.82 Å². The average molecular weight is 326 g/mol. The highest BCUT2D eigenvalue weighted by molar-refractivity contribution is 5.49. The number of nitrogens with one attached hydrogen (secondary N) is 2. The molecule has 1 aliphatic carbocycles. The summed E-state index contributed by atoms with van der Waals surface area (Å²) >= 11 is 0. The number of hydrogen-bond acceptors (Lipinski definition) is 7. The molecule has 0 saturated heterocycles. The number of hydrogen-bond donors (Lipinski definition) is 2. The summed E-state index contributed by atoms with van der Waals surface area (Å²) in [6.07, 6.45) is 4.52. The van der Waals surface area contributed by atoms with E-state index in [0.717, 1.165) is 19.3 Å². The molecule has 24 heavy (non-hydrogen) atoms. The number of aromatic amines is 1. The lowest BCUT2D eigenvalue weighted by Crippen LogP contribution is -2.42. The highest BCUT2D eigenvalue weighted by Crippen LogP contribution is 2.43. The van der Waals surface area contributed by atoms with Crippen LogP contribution in [0, 0.1) is 5.82 Å². The predicted molar refractivity (Wildman–Crippen MR) is 83.4 cm³/mol. The molecule has 2 N–H and O–H groups in total. The van der Waals surface area contributed by atoms with E-state index in [4.69, 9.17) is 0 Å². The van der Waals surface area contributed by atoms with Gasteiger partial charge in [0.05, 0.1) is 5.69 Å². The van der Waals surface area contributed by atoms with E-state index in [1.54, 1.807) is 24.4 Å². The maximum Gasteiger partial charge on any atom is 0.224 e. The standard InChI is InChI=1S/C15H15FN8/c16-10-3-1-8-17-13(10)15(6-2-7-15)9-18-12-5-4-11(19-20-12)14-21-23-24-22-14/h1,3-5,8H,2,6-7,9H2,(H,18,20)(H,21,22,23,24). The molecule has 0 aliphatic heterocycles. The summed E-state index contributed by atoms with van der Waals surface area (Å²) in [5.74, 6) is 0.752. The number of halogens is 1. The summed E-state index contributed by atoms with van der Waals surface area (Å²) in [7, 11) is 0. The normalized spacial score (nSPS) is 15.7. The molecule has 0 aromatic carbocycles. The Kier molecular flexibility index (Phi) is 3.60. The number of tetrazole rings is 1. The van der Waals surface area contributed by atoms with E-state index in [9.17, 15) is 4.39 Å². The average Bonchev–Trinajstić information content (AvgIpc) is 3.10. The van der Waals surface area contributed by atoms with Crippen molar-refractivity contribution in [1.82, 2.24) is 35.8 Å². The molecule has 3 aromatic heterocycles. The summed E-state index contributed by atoms with van der Waals surface area (Å²) < 4.78 is 14.1. The van der Waals surface area contributed by atoms with Crippen LogP contribution in [-0.4, -0.2) is 42.4 Å². The van der Waals surface area contributed by atoms with Gasteiger partial charge in [-0.15, -0.1) is 20.4 Å². The summed E-state index contributed by atoms with van der Waals surface area (Å²) in [6.45, 7) is 0.567. The number of anilines is 1. The molecule has 0 unspecified atom stereocenters. The lowest BCUT2D eigenvalue weighted by molar-refractivity contribution is 0.243. The van der Waals surface area contributed by atoms with E-state index in [1.807, 2.05) is 0 Å². The topological polar surface area (TPSA) is 105 Å². The van der Waals surface area contributed by atoms with Gasteiger partial charge in [-0.3, -0.25) is 4.98 Å². The molecular formula is C15H15FN8. The van der Waals surface area contributed by atoms with Crippen molar-refractivity contribution in [3.05, 3.63) is 42.0 Å². The van der Waals surface area contributed by atoms with Gasteiger partial charge in [-0.1, -0.05) is 6.42 Å². The first-order chi connectivity index (χ1) is 11.8. The molecule has 3 aromatic rings. The SMILES string of the molecule is Fc1cccnc1C1(CNc2ccc(-c3nn[nH]n3)nn2)CCC1. The number of pyridine rings is 1. The third kappa shape index (κ3) is 2.57. The van der Waals surface area contributed by atoms with Crippen molar-refractivity contribution < 1.29 is 4.39 Å². The first kappa shape index (κ1) is 14.6. The third-order valence-corrected chi connectivity index (χ3v) is 4.42. The van der Waals surface area contributed by atoms with Gasteiger partial charge >= 0.3 is 0 Å². The fourth-order valence-electron chi connectivity index (χ4n) is 2.95. The number of nitrogens with zero attached hydrogens (tertiary/aromatic N) is 6. The minimum absolute atomic E-state index is 0.252. The van der Waals surface area contributed by atoms with E-state index in [-0.39, 0.29) is 11.2 Å². The molecule has 1 fully saturated rings. The molecule has 8 nitrogen and oxygen atoms in total. The van der Waals surface area contributed by atoms with Gasteiger partial charge in [0.25, 0.3) is 0 Å². The van der Waals surface area contributed by atoms with Crippen LogP contribution >= 0.6 is 0 Å². The van der Waals surface area contributed by atoms with Crippen LogP contribution < -0.4 is 5.32 Å². The zero-order valence-corrected chi connectivity index (χ0v) is 12.8. The molecule has 0 atom stereocenters. The molecule has 122 valence electrons. The quantitative estimate of drug-likeness (QED) is 0.735. The van der Waals surface area contributed by atoms with Gasteiger partial charge in [-0.25, -0.2) is 4.39 Å². The number of rotatable bonds is 5. The summed E-state index contributed by atoms with van der Waals surface area (Å²) in [6, 6.07) is 6.62. The van der Waals surface area contributed by atoms with Crippen LogP contribution in [0.1, 0.15) is 25.0 Å². The Hall–Kier alpha value is -2.97. The lowest BCUT2D eigenvalue weighted by atomic mass is 9.66. The zero-order chi connectivity index (χ0) is 16.4. The zero-order valence-electron chi connectivity index (χ0n) is 12.8. The summed E-state index contributed by atoms with van der Waals surface area (Å²) in [5.41, 5.74) is 0.780. The van der Waals surface area contributed by atoms with Crippen LogP contribution in [0.3, 0.4) is 0 Å². The van der Waals surface area contributed by atoms with Crippen LogP contribution in [0.25, 0.3) is 11.5 Å². The second kappa shape index (κ2) is 5.91. The smallest absolute Gasteiger partial charge is 0.224 e. The minimum Gasteiger partial charge on any atom is -0.368 e. The maximum atomic E-state index is 14.1. The second-order valence-corrected chi connectivity index (χ2v) is 5.86. The molecule has 1 aliphatic rings. The first-order valence-electron chi connectivity index (χ1n) is 7.69. The van der Waals surface area contributed by atoms with Gasteiger partial charge in [-0.05, 0) is 42.3 Å². The van der Waals surface area contributed by atoms with Crippen molar-refractivity contribution in [2.75, 3.05) is 11.9 Å². The van der Waals surface area contributed by atoms with Gasteiger partial charge in [0, 0.05) is 18.2 Å². The molecule has 0 amide bonds. The Labute approximate surface area is 136 Å². The molecule has 1 saturated carbocycles. The predicted octanol–water partition coefficient (Wildman–Crippen LogP) is 1.72. The largest absolute Gasteiger partial charge is 0.368 e. The van der Waals surface area contributed by atoms with E-state index in [1.165, 1.54) is 6.07 Å². The van der Waals surface area contributed by atoms with Gasteiger partial charge in [-0.2, -0.15) is 5.21 Å². The Morgan fingerprint density at radius 2 is 2.08 bits per heavy atom. The fourth-order valence-corrected chi connectivity index (χ4v) is 2.95. The Morgan fingerprint density at radius 1 is 1.17 bits per heavy atom. The minimum atomic E-state index is -0.278. The van der Waals surface area contributed by atoms with Gasteiger partial charge in [0.15, 0.2) is 0 Å². The Balaban J connectivity index is 1.49. The van der Waals surface area contributed by atoms with Crippen LogP contribution in [0.2, 0.25) is 0 Å². The van der Waals surface area contributed by atoms with Gasteiger partial charge < -0.3 is 5.32 Å². The Bertz CT molecular complexity index is 814. The lowest BCUT2D eigenvalue weighted by Gasteiger charge is -2.41. The van der Waals surface area contributed by atoms with Gasteiger partial charge in [0.1, 0.15) is 17.3 Å². The Morgan fingerprint density at radius 3 is 2.71 bits per heavy atom. The van der Waals surface area contributed by atoms with Crippen molar-refractivity contribution in [2.45, 2.75) is 24.7 Å². The first-order valence-corrected chi connectivity index (χ1v) is 7.69. The monoisotopic (exact) mass is 326 g/mol. The molecule has 9 heteroatoms. The van der Waals surface area contributed by atoms with Crippen LogP contribution in [0.5, 0.6) is 0 Å². The fraction of sp³-hybridized carbons (Fsp3) is 0.333. The van der Waals surface area contributed by atoms with Crippen molar-refractivity contribution in [3.8, 4) is 11.5 Å². The number of H-pyrrole nitrogens is 1. The van der Waals surface area contributed by atoms with Crippen LogP contribution in [0.4, 0.5) is 10.2 Å². The molecule has 0 radical (unpaired) electrons. The highest BCUT2D eigenvalue weighted by Gasteiger charge is 2.41. The van der Waals surface area contributed by atoms with Crippen molar-refractivity contribution >= 4 is 5.82 Å². The van der Waals surface area contributed by atoms with E-state index in [0.29, 0.717) is 29.6 Å². The number of aromatic nitrogens is 7. The van der Waals surface area contributed by atoms with Crippen molar-refractivity contribution in [2.24, 2.45) is 0 Å². The molecule has 0 bridgehead atoms. The van der Waals surface area contributed by atoms with E-state index < -0.39 is 0 Å². The van der Waals surface area contributed by atoms with Crippen LogP contribution in [-0.2, 0) is 5.41 Å². The maximum absolute atomic E-state index is 14.1. The van der Waals surface area contributed by atoms with Crippen LogP contribution in [0.15, 0.2) is 30.5 Å². The highest BCUT2D eigenvalue weighted by atomic mass is 19.1.